The van der Waals surface area contributed by atoms with Crippen molar-refractivity contribution in [3.8, 4) is 0 Å². The standard InChI is InChI=1S/C16H21NO2S/c1-12(2)8-14-4-6-15(7-5-14)10-20(18)11-16-17-9-13(3)19-16/h4-7,9,12H,8,10-11H2,1-3H3/t20-/m0/s1. The molecule has 20 heavy (non-hydrogen) atoms. The van der Waals surface area contributed by atoms with Crippen molar-refractivity contribution in [3.05, 3.63) is 53.2 Å². The van der Waals surface area contributed by atoms with Gasteiger partial charge < -0.3 is 4.42 Å². The van der Waals surface area contributed by atoms with E-state index in [1.54, 1.807) is 6.20 Å². The summed E-state index contributed by atoms with van der Waals surface area (Å²) in [6, 6.07) is 8.39. The van der Waals surface area contributed by atoms with Gasteiger partial charge in [-0.3, -0.25) is 4.21 Å². The summed E-state index contributed by atoms with van der Waals surface area (Å²) in [6.07, 6.45) is 2.74. The van der Waals surface area contributed by atoms with Gasteiger partial charge in [0.1, 0.15) is 11.5 Å². The lowest BCUT2D eigenvalue weighted by atomic mass is 10.0. The molecule has 1 heterocycles. The summed E-state index contributed by atoms with van der Waals surface area (Å²) in [7, 11) is -0.982. The molecule has 1 atom stereocenters. The van der Waals surface area contributed by atoms with Gasteiger partial charge in [0.15, 0.2) is 0 Å². The van der Waals surface area contributed by atoms with Gasteiger partial charge in [0.05, 0.1) is 6.20 Å². The Labute approximate surface area is 122 Å². The molecule has 1 aromatic heterocycles. The lowest BCUT2D eigenvalue weighted by Gasteiger charge is -2.06. The molecule has 0 unspecified atom stereocenters. The first-order valence-corrected chi connectivity index (χ1v) is 8.36. The van der Waals surface area contributed by atoms with Gasteiger partial charge in [0.25, 0.3) is 0 Å². The summed E-state index contributed by atoms with van der Waals surface area (Å²) in [5.41, 5.74) is 2.43. The number of rotatable bonds is 6. The van der Waals surface area contributed by atoms with Crippen molar-refractivity contribution in [3.63, 3.8) is 0 Å². The second kappa shape index (κ2) is 6.84. The molecule has 108 valence electrons. The molecular weight excluding hydrogens is 270 g/mol. The smallest absolute Gasteiger partial charge is 0.206 e. The molecule has 0 radical (unpaired) electrons. The van der Waals surface area contributed by atoms with Crippen molar-refractivity contribution in [2.45, 2.75) is 38.7 Å². The van der Waals surface area contributed by atoms with Crippen LogP contribution in [0.2, 0.25) is 0 Å². The van der Waals surface area contributed by atoms with Crippen LogP contribution in [0.15, 0.2) is 34.9 Å². The third-order valence-corrected chi connectivity index (χ3v) is 4.17. The highest BCUT2D eigenvalue weighted by Crippen LogP contribution is 2.13. The number of hydrogen-bond acceptors (Lipinski definition) is 3. The molecule has 1 aromatic carbocycles. The van der Waals surface area contributed by atoms with E-state index in [4.69, 9.17) is 4.42 Å². The van der Waals surface area contributed by atoms with Crippen LogP contribution in [0.25, 0.3) is 0 Å². The van der Waals surface area contributed by atoms with Crippen LogP contribution < -0.4 is 0 Å². The maximum atomic E-state index is 12.1. The molecule has 3 nitrogen and oxygen atoms in total. The van der Waals surface area contributed by atoms with Crippen LogP contribution in [-0.2, 0) is 28.7 Å². The number of nitrogens with zero attached hydrogens (tertiary/aromatic N) is 1. The fourth-order valence-corrected chi connectivity index (χ4v) is 3.16. The van der Waals surface area contributed by atoms with E-state index in [0.29, 0.717) is 23.3 Å². The summed E-state index contributed by atoms with van der Waals surface area (Å²) in [6.45, 7) is 6.26. The van der Waals surface area contributed by atoms with E-state index in [1.165, 1.54) is 5.56 Å². The molecule has 4 heteroatoms. The van der Waals surface area contributed by atoms with Crippen LogP contribution >= 0.6 is 0 Å². The number of benzene rings is 1. The molecule has 0 bridgehead atoms. The van der Waals surface area contributed by atoms with Crippen molar-refractivity contribution in [2.75, 3.05) is 0 Å². The minimum absolute atomic E-state index is 0.377. The molecule has 0 aliphatic rings. The Morgan fingerprint density at radius 1 is 1.15 bits per heavy atom. The molecular formula is C16H21NO2S. The number of aryl methyl sites for hydroxylation is 1. The summed E-state index contributed by atoms with van der Waals surface area (Å²) >= 11 is 0. The highest BCUT2D eigenvalue weighted by atomic mass is 32.2. The molecule has 0 N–H and O–H groups in total. The van der Waals surface area contributed by atoms with E-state index in [9.17, 15) is 4.21 Å². The first-order chi connectivity index (χ1) is 9.52. The molecule has 0 saturated heterocycles. The SMILES string of the molecule is Cc1cnc(C[S@@](=O)Cc2ccc(CC(C)C)cc2)o1. The normalized spacial score (nSPS) is 12.8. The topological polar surface area (TPSA) is 43.1 Å². The van der Waals surface area contributed by atoms with Gasteiger partial charge in [-0.1, -0.05) is 38.1 Å². The summed E-state index contributed by atoms with van der Waals surface area (Å²) in [5, 5.41) is 0. The van der Waals surface area contributed by atoms with Crippen molar-refractivity contribution in [2.24, 2.45) is 5.92 Å². The Morgan fingerprint density at radius 2 is 1.80 bits per heavy atom. The molecule has 0 fully saturated rings. The van der Waals surface area contributed by atoms with Gasteiger partial charge in [0, 0.05) is 16.6 Å². The molecule has 0 saturated carbocycles. The van der Waals surface area contributed by atoms with E-state index < -0.39 is 10.8 Å². The Hall–Kier alpha value is -1.42. The van der Waals surface area contributed by atoms with E-state index in [0.717, 1.165) is 17.7 Å². The zero-order valence-electron chi connectivity index (χ0n) is 12.3. The molecule has 0 aliphatic carbocycles. The highest BCUT2D eigenvalue weighted by Gasteiger charge is 2.08. The Kier molecular flexibility index (Phi) is 5.12. The number of aromatic nitrogens is 1. The maximum Gasteiger partial charge on any atom is 0.206 e. The monoisotopic (exact) mass is 291 g/mol. The van der Waals surface area contributed by atoms with Gasteiger partial charge in [-0.05, 0) is 30.4 Å². The van der Waals surface area contributed by atoms with Crippen molar-refractivity contribution in [1.29, 1.82) is 0 Å². The summed E-state index contributed by atoms with van der Waals surface area (Å²) in [4.78, 5) is 4.08. The lowest BCUT2D eigenvalue weighted by molar-refractivity contribution is 0.488. The number of hydrogen-bond donors (Lipinski definition) is 0. The van der Waals surface area contributed by atoms with Gasteiger partial charge >= 0.3 is 0 Å². The largest absolute Gasteiger partial charge is 0.445 e. The van der Waals surface area contributed by atoms with Crippen LogP contribution in [0.4, 0.5) is 0 Å². The second-order valence-corrected chi connectivity index (χ2v) is 6.96. The van der Waals surface area contributed by atoms with Gasteiger partial charge in [-0.25, -0.2) is 4.98 Å². The van der Waals surface area contributed by atoms with Crippen LogP contribution in [0.1, 0.15) is 36.6 Å². The molecule has 2 aromatic rings. The molecule has 0 amide bonds. The van der Waals surface area contributed by atoms with Crippen molar-refractivity contribution < 1.29 is 8.63 Å². The molecule has 0 aliphatic heterocycles. The number of oxazole rings is 1. The van der Waals surface area contributed by atoms with E-state index in [2.05, 4.69) is 43.1 Å². The third kappa shape index (κ3) is 4.60. The fourth-order valence-electron chi connectivity index (χ4n) is 2.09. The van der Waals surface area contributed by atoms with Crippen molar-refractivity contribution in [1.82, 2.24) is 4.98 Å². The Balaban J connectivity index is 1.91. The van der Waals surface area contributed by atoms with Gasteiger partial charge in [-0.2, -0.15) is 0 Å². The van der Waals surface area contributed by atoms with E-state index >= 15 is 0 Å². The van der Waals surface area contributed by atoms with Crippen LogP contribution in [0.3, 0.4) is 0 Å². The average molecular weight is 291 g/mol. The Bertz CT molecular complexity index is 572. The van der Waals surface area contributed by atoms with Gasteiger partial charge in [0.2, 0.25) is 5.89 Å². The maximum absolute atomic E-state index is 12.1. The minimum Gasteiger partial charge on any atom is -0.445 e. The highest BCUT2D eigenvalue weighted by molar-refractivity contribution is 7.83. The lowest BCUT2D eigenvalue weighted by Crippen LogP contribution is -2.00. The van der Waals surface area contributed by atoms with E-state index in [-0.39, 0.29) is 0 Å². The third-order valence-electron chi connectivity index (χ3n) is 2.95. The summed E-state index contributed by atoms with van der Waals surface area (Å²) in [5.74, 6) is 2.89. The van der Waals surface area contributed by atoms with Crippen molar-refractivity contribution >= 4 is 10.8 Å². The first-order valence-electron chi connectivity index (χ1n) is 6.87. The predicted molar refractivity (Wildman–Crippen MR) is 81.8 cm³/mol. The second-order valence-electron chi connectivity index (χ2n) is 5.51. The Morgan fingerprint density at radius 3 is 2.35 bits per heavy atom. The molecule has 0 spiro atoms. The summed E-state index contributed by atoms with van der Waals surface area (Å²) < 4.78 is 17.4. The predicted octanol–water partition coefficient (Wildman–Crippen LogP) is 3.63. The van der Waals surface area contributed by atoms with Crippen LogP contribution in [0.5, 0.6) is 0 Å². The van der Waals surface area contributed by atoms with E-state index in [1.807, 2.05) is 6.92 Å². The zero-order chi connectivity index (χ0) is 14.5. The average Bonchev–Trinajstić information content (AvgIpc) is 2.76. The van der Waals surface area contributed by atoms with Gasteiger partial charge in [-0.15, -0.1) is 0 Å². The molecule has 2 rings (SSSR count). The quantitative estimate of drug-likeness (QED) is 0.816. The minimum atomic E-state index is -0.982. The zero-order valence-corrected chi connectivity index (χ0v) is 13.1. The van der Waals surface area contributed by atoms with Crippen LogP contribution in [-0.4, -0.2) is 9.19 Å². The fraction of sp³-hybridized carbons (Fsp3) is 0.438. The first kappa shape index (κ1) is 15.0. The van der Waals surface area contributed by atoms with Crippen LogP contribution in [0, 0.1) is 12.8 Å².